The standard InChI is InChI=1S/C38H76N2O/c1-7-9-11-13-15-17-19-21-23-25-27-29-31-33-35-40(38(41)36(3)4)37(39(5)6)34-32-30-28-26-24-22-20-18-16-14-12-10-8-2/h37H,3,7-35H2,1-2,4-6H3. The molecule has 1 unspecified atom stereocenters. The third-order valence-electron chi connectivity index (χ3n) is 8.90. The van der Waals surface area contributed by atoms with Crippen LogP contribution in [0, 0.1) is 0 Å². The topological polar surface area (TPSA) is 23.6 Å². The van der Waals surface area contributed by atoms with Gasteiger partial charge in [0.05, 0.1) is 6.17 Å². The molecule has 1 atom stereocenters. The predicted molar refractivity (Wildman–Crippen MR) is 185 cm³/mol. The number of carbonyl (C=O) groups excluding carboxylic acids is 1. The molecule has 3 nitrogen and oxygen atoms in total. The molecule has 0 bridgehead atoms. The second-order valence-electron chi connectivity index (χ2n) is 13.4. The zero-order valence-corrected chi connectivity index (χ0v) is 29.1. The normalized spacial score (nSPS) is 12.2. The van der Waals surface area contributed by atoms with Gasteiger partial charge in [0.15, 0.2) is 0 Å². The first-order valence-electron chi connectivity index (χ1n) is 18.6. The molecule has 0 rings (SSSR count). The lowest BCUT2D eigenvalue weighted by atomic mass is 10.0. The summed E-state index contributed by atoms with van der Waals surface area (Å²) in [7, 11) is 4.27. The molecule has 1 amide bonds. The van der Waals surface area contributed by atoms with E-state index < -0.39 is 0 Å². The third kappa shape index (κ3) is 25.4. The fraction of sp³-hybridized carbons (Fsp3) is 0.921. The molecule has 244 valence electrons. The molecule has 0 aromatic heterocycles. The van der Waals surface area contributed by atoms with Gasteiger partial charge in [0.25, 0.3) is 0 Å². The highest BCUT2D eigenvalue weighted by atomic mass is 16.2. The highest BCUT2D eigenvalue weighted by molar-refractivity contribution is 5.92. The highest BCUT2D eigenvalue weighted by Crippen LogP contribution is 2.19. The summed E-state index contributed by atoms with van der Waals surface area (Å²) in [5.41, 5.74) is 0.674. The maximum atomic E-state index is 13.1. The first-order valence-corrected chi connectivity index (χ1v) is 18.6. The zero-order chi connectivity index (χ0) is 30.4. The van der Waals surface area contributed by atoms with Crippen molar-refractivity contribution in [1.29, 1.82) is 0 Å². The van der Waals surface area contributed by atoms with Crippen molar-refractivity contribution < 1.29 is 4.79 Å². The van der Waals surface area contributed by atoms with Crippen LogP contribution in [-0.4, -0.2) is 42.5 Å². The van der Waals surface area contributed by atoms with Crippen LogP contribution in [0.2, 0.25) is 0 Å². The fourth-order valence-electron chi connectivity index (χ4n) is 6.15. The molecule has 0 spiro atoms. The maximum absolute atomic E-state index is 13.1. The van der Waals surface area contributed by atoms with Gasteiger partial charge in [-0.1, -0.05) is 187 Å². The van der Waals surface area contributed by atoms with Crippen LogP contribution in [0.25, 0.3) is 0 Å². The van der Waals surface area contributed by atoms with Gasteiger partial charge < -0.3 is 4.90 Å². The van der Waals surface area contributed by atoms with Crippen LogP contribution in [0.4, 0.5) is 0 Å². The van der Waals surface area contributed by atoms with Crippen molar-refractivity contribution in [3.63, 3.8) is 0 Å². The van der Waals surface area contributed by atoms with Gasteiger partial charge in [0.1, 0.15) is 0 Å². The summed E-state index contributed by atoms with van der Waals surface area (Å²) in [5, 5.41) is 0. The maximum Gasteiger partial charge on any atom is 0.250 e. The Bertz CT molecular complexity index is 573. The minimum atomic E-state index is 0.146. The van der Waals surface area contributed by atoms with Gasteiger partial charge in [-0.25, -0.2) is 0 Å². The SMILES string of the molecule is C=C(C)C(=O)N(CCCCCCCCCCCCCCCC)C(CCCCCCCCCCCCCCC)N(C)C. The van der Waals surface area contributed by atoms with Crippen molar-refractivity contribution in [3.05, 3.63) is 12.2 Å². The summed E-state index contributed by atoms with van der Waals surface area (Å²) >= 11 is 0. The van der Waals surface area contributed by atoms with E-state index >= 15 is 0 Å². The van der Waals surface area contributed by atoms with Gasteiger partial charge in [-0.3, -0.25) is 9.69 Å². The van der Waals surface area contributed by atoms with Crippen LogP contribution in [0.5, 0.6) is 0 Å². The Morgan fingerprint density at radius 2 is 0.805 bits per heavy atom. The number of nitrogens with zero attached hydrogens (tertiary/aromatic N) is 2. The lowest BCUT2D eigenvalue weighted by Gasteiger charge is -2.36. The minimum absolute atomic E-state index is 0.146. The number of hydrogen-bond acceptors (Lipinski definition) is 2. The van der Waals surface area contributed by atoms with Gasteiger partial charge in [-0.2, -0.15) is 0 Å². The molecule has 0 aromatic rings. The lowest BCUT2D eigenvalue weighted by molar-refractivity contribution is -0.133. The van der Waals surface area contributed by atoms with Gasteiger partial charge in [0.2, 0.25) is 5.91 Å². The van der Waals surface area contributed by atoms with Gasteiger partial charge in [-0.15, -0.1) is 0 Å². The van der Waals surface area contributed by atoms with Gasteiger partial charge in [-0.05, 0) is 33.9 Å². The molecule has 41 heavy (non-hydrogen) atoms. The first kappa shape index (κ1) is 40.2. The minimum Gasteiger partial charge on any atom is -0.323 e. The molecule has 0 fully saturated rings. The number of carbonyl (C=O) groups is 1. The molecular weight excluding hydrogens is 500 g/mol. The van der Waals surface area contributed by atoms with E-state index in [2.05, 4.69) is 44.3 Å². The van der Waals surface area contributed by atoms with Crippen molar-refractivity contribution in [1.82, 2.24) is 9.80 Å². The molecule has 0 N–H and O–H groups in total. The Morgan fingerprint density at radius 1 is 0.512 bits per heavy atom. The van der Waals surface area contributed by atoms with E-state index in [1.54, 1.807) is 0 Å². The smallest absolute Gasteiger partial charge is 0.250 e. The monoisotopic (exact) mass is 577 g/mol. The van der Waals surface area contributed by atoms with E-state index in [-0.39, 0.29) is 12.1 Å². The largest absolute Gasteiger partial charge is 0.323 e. The molecule has 0 radical (unpaired) electrons. The molecule has 0 saturated heterocycles. The molecule has 0 aliphatic carbocycles. The van der Waals surface area contributed by atoms with Crippen molar-refractivity contribution in [2.45, 2.75) is 207 Å². The van der Waals surface area contributed by atoms with Crippen LogP contribution in [0.1, 0.15) is 201 Å². The molecule has 0 saturated carbocycles. The number of amides is 1. The first-order chi connectivity index (χ1) is 20.0. The third-order valence-corrected chi connectivity index (χ3v) is 8.90. The van der Waals surface area contributed by atoms with Crippen molar-refractivity contribution in [2.24, 2.45) is 0 Å². The van der Waals surface area contributed by atoms with E-state index in [0.29, 0.717) is 5.57 Å². The van der Waals surface area contributed by atoms with Crippen molar-refractivity contribution >= 4 is 5.91 Å². The van der Waals surface area contributed by atoms with E-state index in [1.807, 2.05) is 6.92 Å². The second-order valence-corrected chi connectivity index (χ2v) is 13.4. The zero-order valence-electron chi connectivity index (χ0n) is 29.1. The second kappa shape index (κ2) is 30.6. The summed E-state index contributed by atoms with van der Waals surface area (Å²) in [4.78, 5) is 17.5. The Labute approximate surface area is 259 Å². The number of rotatable bonds is 32. The average Bonchev–Trinajstić information content (AvgIpc) is 2.95. The summed E-state index contributed by atoms with van der Waals surface area (Å²) in [6.07, 6.45) is 38.3. The Morgan fingerprint density at radius 3 is 1.10 bits per heavy atom. The van der Waals surface area contributed by atoms with Crippen LogP contribution in [-0.2, 0) is 4.79 Å². The van der Waals surface area contributed by atoms with E-state index in [4.69, 9.17) is 0 Å². The van der Waals surface area contributed by atoms with Crippen LogP contribution < -0.4 is 0 Å². The fourth-order valence-corrected chi connectivity index (χ4v) is 6.15. The Balaban J connectivity index is 4.07. The summed E-state index contributed by atoms with van der Waals surface area (Å²) < 4.78 is 0. The molecule has 0 aliphatic heterocycles. The van der Waals surface area contributed by atoms with Crippen molar-refractivity contribution in [2.75, 3.05) is 20.6 Å². The van der Waals surface area contributed by atoms with E-state index in [0.717, 1.165) is 19.4 Å². The molecular formula is C38H76N2O. The molecule has 0 aliphatic rings. The summed E-state index contributed by atoms with van der Waals surface area (Å²) in [6.45, 7) is 11.3. The quantitative estimate of drug-likeness (QED) is 0.0451. The molecule has 0 aromatic carbocycles. The van der Waals surface area contributed by atoms with Gasteiger partial charge >= 0.3 is 0 Å². The van der Waals surface area contributed by atoms with Gasteiger partial charge in [0, 0.05) is 12.1 Å². The summed E-state index contributed by atoms with van der Waals surface area (Å²) in [5.74, 6) is 0.146. The van der Waals surface area contributed by atoms with E-state index in [9.17, 15) is 4.79 Å². The number of hydrogen-bond donors (Lipinski definition) is 0. The van der Waals surface area contributed by atoms with Crippen LogP contribution >= 0.6 is 0 Å². The van der Waals surface area contributed by atoms with Crippen LogP contribution in [0.15, 0.2) is 12.2 Å². The lowest BCUT2D eigenvalue weighted by Crippen LogP contribution is -2.48. The van der Waals surface area contributed by atoms with E-state index in [1.165, 1.54) is 167 Å². The highest BCUT2D eigenvalue weighted by Gasteiger charge is 2.25. The Hall–Kier alpha value is -0.830. The average molecular weight is 577 g/mol. The Kier molecular flexibility index (Phi) is 30.0. The van der Waals surface area contributed by atoms with Crippen molar-refractivity contribution in [3.8, 4) is 0 Å². The summed E-state index contributed by atoms with van der Waals surface area (Å²) in [6, 6.07) is 0. The molecule has 0 heterocycles. The predicted octanol–water partition coefficient (Wildman–Crippen LogP) is 12.2. The van der Waals surface area contributed by atoms with Crippen LogP contribution in [0.3, 0.4) is 0 Å². The number of unbranched alkanes of at least 4 members (excludes halogenated alkanes) is 25. The molecule has 3 heteroatoms.